The van der Waals surface area contributed by atoms with Crippen LogP contribution in [0.15, 0.2) is 28.7 Å². The maximum Gasteiger partial charge on any atom is 0.221 e. The molecule has 104 valence electrons. The van der Waals surface area contributed by atoms with Gasteiger partial charge in [-0.05, 0) is 37.1 Å². The van der Waals surface area contributed by atoms with Crippen molar-refractivity contribution in [2.45, 2.75) is 44.6 Å². The summed E-state index contributed by atoms with van der Waals surface area (Å²) in [5, 5.41) is 6.39. The van der Waals surface area contributed by atoms with Gasteiger partial charge in [-0.15, -0.1) is 0 Å². The van der Waals surface area contributed by atoms with E-state index in [9.17, 15) is 4.79 Å². The molecular formula is C15H21BrN2O. The van der Waals surface area contributed by atoms with Crippen molar-refractivity contribution in [1.82, 2.24) is 5.32 Å². The molecule has 1 aliphatic carbocycles. The van der Waals surface area contributed by atoms with Crippen molar-refractivity contribution < 1.29 is 4.79 Å². The summed E-state index contributed by atoms with van der Waals surface area (Å²) in [4.78, 5) is 11.8. The fraction of sp³-hybridized carbons (Fsp3) is 0.533. The molecular weight excluding hydrogens is 304 g/mol. The van der Waals surface area contributed by atoms with Crippen LogP contribution in [0.2, 0.25) is 0 Å². The van der Waals surface area contributed by atoms with Gasteiger partial charge in [-0.2, -0.15) is 0 Å². The first kappa shape index (κ1) is 14.4. The predicted octanol–water partition coefficient (Wildman–Crippen LogP) is 3.70. The first-order valence-corrected chi connectivity index (χ1v) is 7.82. The number of carbonyl (C=O) groups excluding carboxylic acids is 1. The number of halogens is 1. The number of carbonyl (C=O) groups is 1. The molecule has 0 bridgehead atoms. The Bertz CT molecular complexity index is 399. The molecule has 0 unspecified atom stereocenters. The Hall–Kier alpha value is -1.03. The number of hydrogen-bond donors (Lipinski definition) is 2. The highest BCUT2D eigenvalue weighted by Gasteiger charge is 2.15. The van der Waals surface area contributed by atoms with Crippen molar-refractivity contribution in [3.05, 3.63) is 28.7 Å². The summed E-state index contributed by atoms with van der Waals surface area (Å²) in [6, 6.07) is 8.40. The minimum Gasteiger partial charge on any atom is -0.385 e. The van der Waals surface area contributed by atoms with Crippen LogP contribution < -0.4 is 10.6 Å². The minimum absolute atomic E-state index is 0.163. The van der Waals surface area contributed by atoms with Crippen LogP contribution in [0.1, 0.15) is 38.5 Å². The van der Waals surface area contributed by atoms with Gasteiger partial charge in [-0.3, -0.25) is 4.79 Å². The van der Waals surface area contributed by atoms with E-state index in [1.165, 1.54) is 19.3 Å². The molecule has 0 spiro atoms. The Labute approximate surface area is 123 Å². The monoisotopic (exact) mass is 324 g/mol. The molecule has 0 heterocycles. The van der Waals surface area contributed by atoms with Crippen molar-refractivity contribution >= 4 is 27.5 Å². The molecule has 1 aromatic carbocycles. The maximum absolute atomic E-state index is 11.8. The molecule has 1 saturated carbocycles. The third-order valence-corrected chi connectivity index (χ3v) is 4.02. The van der Waals surface area contributed by atoms with Crippen LogP contribution in [0, 0.1) is 0 Å². The number of nitrogens with one attached hydrogen (secondary N) is 2. The third-order valence-electron chi connectivity index (χ3n) is 3.50. The first-order chi connectivity index (χ1) is 9.24. The van der Waals surface area contributed by atoms with Crippen molar-refractivity contribution in [3.63, 3.8) is 0 Å². The maximum atomic E-state index is 11.8. The second-order valence-corrected chi connectivity index (χ2v) is 6.00. The summed E-state index contributed by atoms with van der Waals surface area (Å²) in [6.07, 6.45) is 6.64. The Balaban J connectivity index is 1.64. The molecule has 1 aromatic rings. The lowest BCUT2D eigenvalue weighted by Crippen LogP contribution is -2.36. The topological polar surface area (TPSA) is 41.1 Å². The van der Waals surface area contributed by atoms with Crippen molar-refractivity contribution in [1.29, 1.82) is 0 Å². The van der Waals surface area contributed by atoms with Crippen LogP contribution in [0.3, 0.4) is 0 Å². The zero-order valence-electron chi connectivity index (χ0n) is 11.1. The third kappa shape index (κ3) is 5.23. The van der Waals surface area contributed by atoms with Crippen molar-refractivity contribution in [2.24, 2.45) is 0 Å². The molecule has 2 N–H and O–H groups in total. The molecule has 0 aliphatic heterocycles. The molecule has 0 atom stereocenters. The zero-order valence-corrected chi connectivity index (χ0v) is 12.7. The van der Waals surface area contributed by atoms with Gasteiger partial charge in [0.1, 0.15) is 0 Å². The molecule has 1 aliphatic rings. The highest BCUT2D eigenvalue weighted by atomic mass is 79.9. The minimum atomic E-state index is 0.163. The van der Waals surface area contributed by atoms with E-state index in [0.29, 0.717) is 19.0 Å². The summed E-state index contributed by atoms with van der Waals surface area (Å²) in [6.45, 7) is 0.681. The molecule has 0 aromatic heterocycles. The van der Waals surface area contributed by atoms with E-state index in [1.807, 2.05) is 24.3 Å². The van der Waals surface area contributed by atoms with Crippen LogP contribution in [-0.2, 0) is 4.79 Å². The zero-order chi connectivity index (χ0) is 13.5. The van der Waals surface area contributed by atoms with Crippen molar-refractivity contribution in [3.8, 4) is 0 Å². The van der Waals surface area contributed by atoms with E-state index in [2.05, 4.69) is 26.6 Å². The van der Waals surface area contributed by atoms with Gasteiger partial charge in [-0.1, -0.05) is 35.2 Å². The fourth-order valence-electron chi connectivity index (χ4n) is 2.43. The lowest BCUT2D eigenvalue weighted by atomic mass is 9.95. The quantitative estimate of drug-likeness (QED) is 0.867. The van der Waals surface area contributed by atoms with Crippen LogP contribution in [-0.4, -0.2) is 18.5 Å². The average molecular weight is 325 g/mol. The van der Waals surface area contributed by atoms with Crippen molar-refractivity contribution in [2.75, 3.05) is 11.9 Å². The van der Waals surface area contributed by atoms with Crippen LogP contribution in [0.5, 0.6) is 0 Å². The van der Waals surface area contributed by atoms with Crippen LogP contribution in [0.25, 0.3) is 0 Å². The van der Waals surface area contributed by atoms with E-state index in [0.717, 1.165) is 23.0 Å². The Morgan fingerprint density at radius 1 is 1.16 bits per heavy atom. The summed E-state index contributed by atoms with van der Waals surface area (Å²) in [5.74, 6) is 0.163. The van der Waals surface area contributed by atoms with Gasteiger partial charge in [-0.25, -0.2) is 0 Å². The first-order valence-electron chi connectivity index (χ1n) is 7.03. The van der Waals surface area contributed by atoms with Gasteiger partial charge in [0.2, 0.25) is 5.91 Å². The Kier molecular flexibility index (Phi) is 5.70. The van der Waals surface area contributed by atoms with E-state index in [1.54, 1.807) is 0 Å². The Morgan fingerprint density at radius 2 is 1.84 bits per heavy atom. The van der Waals surface area contributed by atoms with Gasteiger partial charge >= 0.3 is 0 Å². The van der Waals surface area contributed by atoms with Gasteiger partial charge < -0.3 is 10.6 Å². The molecule has 19 heavy (non-hydrogen) atoms. The summed E-state index contributed by atoms with van der Waals surface area (Å²) in [7, 11) is 0. The summed E-state index contributed by atoms with van der Waals surface area (Å²) >= 11 is 3.40. The number of anilines is 1. The highest BCUT2D eigenvalue weighted by molar-refractivity contribution is 9.10. The molecule has 1 amide bonds. The molecule has 4 heteroatoms. The number of hydrogen-bond acceptors (Lipinski definition) is 2. The van der Waals surface area contributed by atoms with E-state index >= 15 is 0 Å². The summed E-state index contributed by atoms with van der Waals surface area (Å²) < 4.78 is 1.06. The van der Waals surface area contributed by atoms with Gasteiger partial charge in [0, 0.05) is 29.2 Å². The molecule has 0 radical (unpaired) electrons. The second kappa shape index (κ2) is 7.53. The average Bonchev–Trinajstić information content (AvgIpc) is 2.42. The Morgan fingerprint density at radius 3 is 2.53 bits per heavy atom. The molecule has 2 rings (SSSR count). The summed E-state index contributed by atoms with van der Waals surface area (Å²) in [5.41, 5.74) is 1.05. The normalized spacial score (nSPS) is 16.1. The van der Waals surface area contributed by atoms with Crippen LogP contribution >= 0.6 is 15.9 Å². The number of rotatable bonds is 5. The standard InChI is InChI=1S/C15H21BrN2O/c16-12-6-8-13(9-7-12)17-11-10-15(19)18-14-4-2-1-3-5-14/h6-9,14,17H,1-5,10-11H2,(H,18,19). The largest absolute Gasteiger partial charge is 0.385 e. The molecule has 0 saturated heterocycles. The molecule has 3 nitrogen and oxygen atoms in total. The smallest absolute Gasteiger partial charge is 0.221 e. The van der Waals surface area contributed by atoms with Gasteiger partial charge in [0.25, 0.3) is 0 Å². The van der Waals surface area contributed by atoms with Gasteiger partial charge in [0.15, 0.2) is 0 Å². The fourth-order valence-corrected chi connectivity index (χ4v) is 2.70. The number of benzene rings is 1. The second-order valence-electron chi connectivity index (χ2n) is 5.09. The van der Waals surface area contributed by atoms with E-state index in [-0.39, 0.29) is 5.91 Å². The van der Waals surface area contributed by atoms with E-state index in [4.69, 9.17) is 0 Å². The predicted molar refractivity (Wildman–Crippen MR) is 82.3 cm³/mol. The SMILES string of the molecule is O=C(CCNc1ccc(Br)cc1)NC1CCCCC1. The van der Waals surface area contributed by atoms with Gasteiger partial charge in [0.05, 0.1) is 0 Å². The highest BCUT2D eigenvalue weighted by Crippen LogP contribution is 2.17. The lowest BCUT2D eigenvalue weighted by Gasteiger charge is -2.22. The number of amides is 1. The van der Waals surface area contributed by atoms with Crippen LogP contribution in [0.4, 0.5) is 5.69 Å². The lowest BCUT2D eigenvalue weighted by molar-refractivity contribution is -0.121. The molecule has 1 fully saturated rings. The van der Waals surface area contributed by atoms with E-state index < -0.39 is 0 Å².